The highest BCUT2D eigenvalue weighted by atomic mass is 35.5. The predicted octanol–water partition coefficient (Wildman–Crippen LogP) is 2.00. The number of aromatic nitrogens is 2. The van der Waals surface area contributed by atoms with Crippen LogP contribution in [0.2, 0.25) is 5.02 Å². The zero-order valence-corrected chi connectivity index (χ0v) is 12.9. The van der Waals surface area contributed by atoms with E-state index in [0.29, 0.717) is 27.8 Å². The number of benzene rings is 1. The summed E-state index contributed by atoms with van der Waals surface area (Å²) >= 11 is 7.24. The monoisotopic (exact) mass is 327 g/mol. The fourth-order valence-corrected chi connectivity index (χ4v) is 2.90. The molecule has 0 aliphatic heterocycles. The lowest BCUT2D eigenvalue weighted by Crippen LogP contribution is -2.27. The van der Waals surface area contributed by atoms with E-state index in [9.17, 15) is 9.59 Å². The van der Waals surface area contributed by atoms with Crippen molar-refractivity contribution >= 4 is 46.3 Å². The van der Waals surface area contributed by atoms with Crippen molar-refractivity contribution in [2.24, 2.45) is 0 Å². The zero-order chi connectivity index (χ0) is 15.4. The van der Waals surface area contributed by atoms with Gasteiger partial charge in [-0.05, 0) is 19.1 Å². The van der Waals surface area contributed by atoms with Crippen LogP contribution in [-0.2, 0) is 16.1 Å². The van der Waals surface area contributed by atoms with Crippen molar-refractivity contribution in [2.75, 3.05) is 12.3 Å². The Balaban J connectivity index is 2.43. The molecule has 1 amide bonds. The molecule has 2 rings (SSSR count). The molecule has 0 saturated carbocycles. The van der Waals surface area contributed by atoms with Crippen LogP contribution in [0.5, 0.6) is 0 Å². The molecule has 1 aromatic heterocycles. The Morgan fingerprint density at radius 1 is 1.48 bits per heavy atom. The Morgan fingerprint density at radius 3 is 2.90 bits per heavy atom. The largest absolute Gasteiger partial charge is 0.481 e. The number of rotatable bonds is 6. The highest BCUT2D eigenvalue weighted by Gasteiger charge is 2.17. The number of carboxylic acid groups (broad SMARTS) is 1. The van der Waals surface area contributed by atoms with Crippen molar-refractivity contribution in [3.63, 3.8) is 0 Å². The third-order valence-corrected chi connectivity index (χ3v) is 3.95. The zero-order valence-electron chi connectivity index (χ0n) is 11.3. The summed E-state index contributed by atoms with van der Waals surface area (Å²) < 4.78 is 1.65. The van der Waals surface area contributed by atoms with E-state index in [0.717, 1.165) is 11.8 Å². The van der Waals surface area contributed by atoms with Crippen LogP contribution in [0.15, 0.2) is 23.4 Å². The number of para-hydroxylation sites is 1. The van der Waals surface area contributed by atoms with Crippen molar-refractivity contribution in [3.05, 3.63) is 23.2 Å². The molecule has 0 aliphatic carbocycles. The van der Waals surface area contributed by atoms with Crippen LogP contribution < -0.4 is 5.32 Å². The number of thioether (sulfide) groups is 1. The fraction of sp³-hybridized carbons (Fsp3) is 0.308. The van der Waals surface area contributed by atoms with Crippen LogP contribution >= 0.6 is 23.4 Å². The van der Waals surface area contributed by atoms with Gasteiger partial charge < -0.3 is 15.0 Å². The number of carbonyl (C=O) groups excluding carboxylic acids is 1. The van der Waals surface area contributed by atoms with Crippen molar-refractivity contribution in [1.29, 1.82) is 0 Å². The Hall–Kier alpha value is -1.73. The van der Waals surface area contributed by atoms with Crippen LogP contribution in [0.1, 0.15) is 6.92 Å². The molecule has 0 fully saturated rings. The Bertz CT molecular complexity index is 687. The minimum atomic E-state index is -0.942. The van der Waals surface area contributed by atoms with Crippen LogP contribution in [0.25, 0.3) is 11.0 Å². The average Bonchev–Trinajstić information content (AvgIpc) is 2.76. The normalized spacial score (nSPS) is 10.8. The number of hydrogen-bond donors (Lipinski definition) is 2. The molecule has 0 saturated heterocycles. The van der Waals surface area contributed by atoms with Gasteiger partial charge in [0.15, 0.2) is 5.16 Å². The number of nitrogens with zero attached hydrogens (tertiary/aromatic N) is 2. The molecule has 2 N–H and O–H groups in total. The number of imidazole rings is 1. The highest BCUT2D eigenvalue weighted by molar-refractivity contribution is 7.99. The minimum absolute atomic E-state index is 0.0516. The summed E-state index contributed by atoms with van der Waals surface area (Å²) in [4.78, 5) is 26.9. The number of fused-ring (bicyclic) bond motifs is 1. The number of aliphatic carboxylic acids is 1. The van der Waals surface area contributed by atoms with Gasteiger partial charge in [0.2, 0.25) is 5.91 Å². The summed E-state index contributed by atoms with van der Waals surface area (Å²) in [7, 11) is 0. The molecule has 0 atom stereocenters. The van der Waals surface area contributed by atoms with E-state index in [1.807, 2.05) is 6.92 Å². The fourth-order valence-electron chi connectivity index (χ4n) is 1.90. The van der Waals surface area contributed by atoms with E-state index in [1.54, 1.807) is 22.8 Å². The van der Waals surface area contributed by atoms with E-state index >= 15 is 0 Å². The molecule has 21 heavy (non-hydrogen) atoms. The maximum atomic E-state index is 11.8. The summed E-state index contributed by atoms with van der Waals surface area (Å²) in [5, 5.41) is 12.4. The van der Waals surface area contributed by atoms with Gasteiger partial charge in [-0.25, -0.2) is 4.98 Å². The Labute approximate surface area is 130 Å². The van der Waals surface area contributed by atoms with E-state index in [1.165, 1.54) is 0 Å². The van der Waals surface area contributed by atoms with Crippen LogP contribution in [0.4, 0.5) is 0 Å². The molecule has 0 spiro atoms. The molecule has 1 heterocycles. The molecule has 8 heteroatoms. The van der Waals surface area contributed by atoms with E-state index < -0.39 is 5.97 Å². The second kappa shape index (κ2) is 6.82. The van der Waals surface area contributed by atoms with Gasteiger partial charge in [-0.2, -0.15) is 0 Å². The lowest BCUT2D eigenvalue weighted by Gasteiger charge is -2.08. The number of carboxylic acids is 1. The molecular weight excluding hydrogens is 314 g/mol. The number of carbonyl (C=O) groups is 2. The standard InChI is InChI=1S/C13H14ClN3O3S/c1-2-15-10(18)6-17-12-8(14)4-3-5-9(12)16-13(17)21-7-11(19)20/h3-5H,2,6-7H2,1H3,(H,15,18)(H,19,20). The minimum Gasteiger partial charge on any atom is -0.481 e. The number of likely N-dealkylation sites (N-methyl/N-ethyl adjacent to an activating group) is 1. The topological polar surface area (TPSA) is 84.2 Å². The molecule has 0 radical (unpaired) electrons. The van der Waals surface area contributed by atoms with Crippen LogP contribution in [0.3, 0.4) is 0 Å². The number of halogens is 1. The van der Waals surface area contributed by atoms with Gasteiger partial charge in [0.1, 0.15) is 6.54 Å². The summed E-state index contributed by atoms with van der Waals surface area (Å²) in [5.74, 6) is -1.24. The van der Waals surface area contributed by atoms with Gasteiger partial charge in [-0.3, -0.25) is 9.59 Å². The lowest BCUT2D eigenvalue weighted by molar-refractivity contribution is -0.133. The lowest BCUT2D eigenvalue weighted by atomic mass is 10.3. The molecule has 0 aliphatic rings. The molecule has 112 valence electrons. The third kappa shape index (κ3) is 3.68. The van der Waals surface area contributed by atoms with Gasteiger partial charge in [0.25, 0.3) is 0 Å². The Kier molecular flexibility index (Phi) is 5.08. The number of hydrogen-bond acceptors (Lipinski definition) is 4. The Morgan fingerprint density at radius 2 is 2.24 bits per heavy atom. The van der Waals surface area contributed by atoms with Crippen molar-refractivity contribution in [3.8, 4) is 0 Å². The molecule has 6 nitrogen and oxygen atoms in total. The van der Waals surface area contributed by atoms with Crippen LogP contribution in [0, 0.1) is 0 Å². The summed E-state index contributed by atoms with van der Waals surface area (Å²) in [6.07, 6.45) is 0. The summed E-state index contributed by atoms with van der Waals surface area (Å²) in [5.41, 5.74) is 1.28. The first kappa shape index (κ1) is 15.7. The molecule has 1 aromatic carbocycles. The number of amides is 1. The molecule has 0 unspecified atom stereocenters. The summed E-state index contributed by atoms with van der Waals surface area (Å²) in [6.45, 7) is 2.41. The first-order valence-electron chi connectivity index (χ1n) is 6.29. The predicted molar refractivity (Wildman–Crippen MR) is 81.8 cm³/mol. The average molecular weight is 328 g/mol. The van der Waals surface area contributed by atoms with Gasteiger partial charge in [0.05, 0.1) is 21.8 Å². The van der Waals surface area contributed by atoms with Crippen molar-refractivity contribution in [1.82, 2.24) is 14.9 Å². The molecular formula is C13H14ClN3O3S. The maximum absolute atomic E-state index is 11.8. The second-order valence-electron chi connectivity index (χ2n) is 4.22. The first-order valence-corrected chi connectivity index (χ1v) is 7.65. The van der Waals surface area contributed by atoms with Crippen molar-refractivity contribution < 1.29 is 14.7 Å². The van der Waals surface area contributed by atoms with E-state index in [4.69, 9.17) is 16.7 Å². The SMILES string of the molecule is CCNC(=O)Cn1c(SCC(=O)O)nc2cccc(Cl)c21. The molecule has 0 bridgehead atoms. The van der Waals surface area contributed by atoms with Crippen LogP contribution in [-0.4, -0.2) is 38.8 Å². The number of nitrogens with one attached hydrogen (secondary N) is 1. The van der Waals surface area contributed by atoms with E-state index in [2.05, 4.69) is 10.3 Å². The van der Waals surface area contributed by atoms with Gasteiger partial charge in [0, 0.05) is 6.54 Å². The quantitative estimate of drug-likeness (QED) is 0.793. The van der Waals surface area contributed by atoms with Gasteiger partial charge >= 0.3 is 5.97 Å². The van der Waals surface area contributed by atoms with Crippen molar-refractivity contribution in [2.45, 2.75) is 18.6 Å². The van der Waals surface area contributed by atoms with E-state index in [-0.39, 0.29) is 18.2 Å². The third-order valence-electron chi connectivity index (χ3n) is 2.68. The second-order valence-corrected chi connectivity index (χ2v) is 5.57. The summed E-state index contributed by atoms with van der Waals surface area (Å²) in [6, 6.07) is 5.26. The highest BCUT2D eigenvalue weighted by Crippen LogP contribution is 2.29. The van der Waals surface area contributed by atoms with Gasteiger partial charge in [-0.1, -0.05) is 29.4 Å². The first-order chi connectivity index (χ1) is 10.0. The van der Waals surface area contributed by atoms with Gasteiger partial charge in [-0.15, -0.1) is 0 Å². The maximum Gasteiger partial charge on any atom is 0.313 e. The molecule has 2 aromatic rings. The smallest absolute Gasteiger partial charge is 0.313 e.